The van der Waals surface area contributed by atoms with Crippen molar-refractivity contribution in [2.75, 3.05) is 25.0 Å². The first kappa shape index (κ1) is 35.1. The van der Waals surface area contributed by atoms with Gasteiger partial charge in [-0.3, -0.25) is 9.79 Å². The maximum Gasteiger partial charge on any atom is 0.219 e. The number of benzene rings is 2. The summed E-state index contributed by atoms with van der Waals surface area (Å²) in [5, 5.41) is 3.09. The molecule has 0 atom stereocenters. The first-order valence-electron chi connectivity index (χ1n) is 16.9. The number of hydrogen-bond donors (Lipinski definition) is 1. The first-order valence-corrected chi connectivity index (χ1v) is 16.9. The Balaban J connectivity index is 1.61. The third kappa shape index (κ3) is 9.55. The highest BCUT2D eigenvalue weighted by atomic mass is 16.1. The summed E-state index contributed by atoms with van der Waals surface area (Å²) in [5.74, 6) is 0.186. The van der Waals surface area contributed by atoms with Crippen molar-refractivity contribution in [3.63, 3.8) is 0 Å². The summed E-state index contributed by atoms with van der Waals surface area (Å²) in [4.78, 5) is 19.6. The largest absolute Gasteiger partial charge is 0.356 e. The molecule has 0 radical (unpaired) electrons. The van der Waals surface area contributed by atoms with Crippen molar-refractivity contribution < 1.29 is 4.79 Å². The lowest BCUT2D eigenvalue weighted by Gasteiger charge is -2.28. The molecule has 1 heterocycles. The van der Waals surface area contributed by atoms with Crippen LogP contribution >= 0.6 is 0 Å². The third-order valence-electron chi connectivity index (χ3n) is 9.08. The van der Waals surface area contributed by atoms with Gasteiger partial charge in [0.05, 0.1) is 0 Å². The number of carbonyl (C=O) groups is 1. The van der Waals surface area contributed by atoms with E-state index in [0.29, 0.717) is 6.42 Å². The van der Waals surface area contributed by atoms with Gasteiger partial charge in [0, 0.05) is 54.5 Å². The van der Waals surface area contributed by atoms with E-state index in [0.717, 1.165) is 44.5 Å². The molecule has 4 nitrogen and oxygen atoms in total. The third-order valence-corrected chi connectivity index (χ3v) is 9.08. The zero-order chi connectivity index (χ0) is 32.0. The minimum Gasteiger partial charge on any atom is -0.356 e. The molecule has 0 aliphatic carbocycles. The highest BCUT2D eigenvalue weighted by Gasteiger charge is 2.37. The molecule has 238 valence electrons. The van der Waals surface area contributed by atoms with Crippen LogP contribution < -0.4 is 10.2 Å². The first-order chi connectivity index (χ1) is 21.1. The lowest BCUT2D eigenvalue weighted by Crippen LogP contribution is -2.29. The van der Waals surface area contributed by atoms with Crippen molar-refractivity contribution >= 4 is 17.3 Å². The van der Waals surface area contributed by atoms with E-state index in [1.54, 1.807) is 0 Å². The van der Waals surface area contributed by atoms with Crippen LogP contribution in [0.3, 0.4) is 0 Å². The Hall–Kier alpha value is -3.40. The van der Waals surface area contributed by atoms with E-state index in [1.165, 1.54) is 53.8 Å². The Kier molecular flexibility index (Phi) is 13.7. The monoisotopic (exact) mass is 595 g/mol. The van der Waals surface area contributed by atoms with Crippen molar-refractivity contribution in [2.45, 2.75) is 110 Å². The number of likely N-dealkylation sites (N-methyl/N-ethyl adjacent to an activating group) is 1. The molecule has 0 saturated heterocycles. The second-order valence-electron chi connectivity index (χ2n) is 13.3. The molecule has 0 fully saturated rings. The number of aryl methyl sites for hydroxylation is 1. The average molecular weight is 596 g/mol. The Morgan fingerprint density at radius 1 is 0.909 bits per heavy atom. The number of allylic oxidation sites excluding steroid dienone is 6. The minimum absolute atomic E-state index is 0.0340. The van der Waals surface area contributed by atoms with E-state index >= 15 is 0 Å². The lowest BCUT2D eigenvalue weighted by atomic mass is 9.77. The van der Waals surface area contributed by atoms with Crippen LogP contribution in [0.2, 0.25) is 0 Å². The number of hydrogen-bond acceptors (Lipinski definition) is 3. The number of para-hydroxylation sites is 1. The Morgan fingerprint density at radius 2 is 1.61 bits per heavy atom. The summed E-state index contributed by atoms with van der Waals surface area (Å²) >= 11 is 0. The van der Waals surface area contributed by atoms with Gasteiger partial charge in [-0.1, -0.05) is 127 Å². The number of aliphatic imine (C=N–C) groups is 1. The van der Waals surface area contributed by atoms with Crippen LogP contribution in [-0.2, 0) is 15.6 Å². The fourth-order valence-electron chi connectivity index (χ4n) is 6.35. The van der Waals surface area contributed by atoms with Gasteiger partial charge < -0.3 is 10.2 Å². The standard InChI is InChI=1S/C40H57N3O/c1-8-9-10-11-21-31-42-38(44)29-16-13-22-30-41-36(39(3,4)33-24-18-17-23-32(33)2)27-14-12-15-28-37-40(5,6)34-25-19-20-26-35(34)43(37)7/h12,14-15,17-20,23-28H,8-11,13,16,21-22,29-31H2,1-7H3,(H,42,44)/b15-12+,27-14+,37-28-,41-36?. The summed E-state index contributed by atoms with van der Waals surface area (Å²) in [6.45, 7) is 15.1. The van der Waals surface area contributed by atoms with Crippen LogP contribution in [0.25, 0.3) is 0 Å². The van der Waals surface area contributed by atoms with Crippen LogP contribution in [0.15, 0.2) is 89.6 Å². The van der Waals surface area contributed by atoms with Crippen molar-refractivity contribution in [1.82, 2.24) is 5.32 Å². The second-order valence-corrected chi connectivity index (χ2v) is 13.3. The van der Waals surface area contributed by atoms with Crippen LogP contribution in [0.1, 0.15) is 109 Å². The highest BCUT2D eigenvalue weighted by molar-refractivity contribution is 6.03. The summed E-state index contributed by atoms with van der Waals surface area (Å²) in [6.07, 6.45) is 20.4. The molecule has 0 saturated carbocycles. The Labute approximate surface area is 268 Å². The fourth-order valence-corrected chi connectivity index (χ4v) is 6.35. The van der Waals surface area contributed by atoms with Crippen LogP contribution in [0, 0.1) is 6.92 Å². The second kappa shape index (κ2) is 17.2. The molecule has 1 aliphatic rings. The highest BCUT2D eigenvalue weighted by Crippen LogP contribution is 2.46. The summed E-state index contributed by atoms with van der Waals surface area (Å²) in [6, 6.07) is 17.3. The fraction of sp³-hybridized carbons (Fsp3) is 0.500. The van der Waals surface area contributed by atoms with Gasteiger partial charge >= 0.3 is 0 Å². The Morgan fingerprint density at radius 3 is 2.36 bits per heavy atom. The van der Waals surface area contributed by atoms with Crippen LogP contribution in [0.4, 0.5) is 5.69 Å². The number of fused-ring (bicyclic) bond motifs is 1. The number of rotatable bonds is 17. The van der Waals surface area contributed by atoms with Gasteiger partial charge in [-0.2, -0.15) is 0 Å². The van der Waals surface area contributed by atoms with Crippen molar-refractivity contribution in [3.8, 4) is 0 Å². The molecule has 4 heteroatoms. The van der Waals surface area contributed by atoms with Gasteiger partial charge in [0.15, 0.2) is 0 Å². The minimum atomic E-state index is -0.222. The smallest absolute Gasteiger partial charge is 0.219 e. The van der Waals surface area contributed by atoms with Gasteiger partial charge in [0.1, 0.15) is 0 Å². The average Bonchev–Trinajstić information content (AvgIpc) is 3.19. The SMILES string of the molecule is CCCCCCCNC(=O)CCCCCN=C(/C=C/C=C/C=C1\N(C)c2ccccc2C1(C)C)C(C)(C)c1ccccc1C. The summed E-state index contributed by atoms with van der Waals surface area (Å²) in [5.41, 5.74) is 7.34. The molecule has 44 heavy (non-hydrogen) atoms. The zero-order valence-corrected chi connectivity index (χ0v) is 28.6. The number of nitrogens with zero attached hydrogens (tertiary/aromatic N) is 2. The summed E-state index contributed by atoms with van der Waals surface area (Å²) < 4.78 is 0. The topological polar surface area (TPSA) is 44.7 Å². The molecule has 0 spiro atoms. The molecule has 2 aromatic carbocycles. The van der Waals surface area contributed by atoms with Crippen molar-refractivity contribution in [1.29, 1.82) is 0 Å². The molecular formula is C40H57N3O. The van der Waals surface area contributed by atoms with E-state index in [4.69, 9.17) is 4.99 Å². The van der Waals surface area contributed by atoms with E-state index in [9.17, 15) is 4.79 Å². The zero-order valence-electron chi connectivity index (χ0n) is 28.6. The molecule has 1 N–H and O–H groups in total. The Bertz CT molecular complexity index is 1330. The van der Waals surface area contributed by atoms with Crippen molar-refractivity contribution in [2.24, 2.45) is 4.99 Å². The molecule has 3 rings (SSSR count). The quantitative estimate of drug-likeness (QED) is 0.112. The van der Waals surface area contributed by atoms with Gasteiger partial charge in [0.2, 0.25) is 5.91 Å². The number of carbonyl (C=O) groups excluding carboxylic acids is 1. The van der Waals surface area contributed by atoms with Gasteiger partial charge in [-0.05, 0) is 61.1 Å². The van der Waals surface area contributed by atoms with Gasteiger partial charge in [0.25, 0.3) is 0 Å². The molecular weight excluding hydrogens is 538 g/mol. The lowest BCUT2D eigenvalue weighted by molar-refractivity contribution is -0.121. The molecule has 0 unspecified atom stereocenters. The maximum atomic E-state index is 12.2. The molecule has 1 aliphatic heterocycles. The number of amides is 1. The normalized spacial score (nSPS) is 15.9. The molecule has 0 bridgehead atoms. The molecule has 2 aromatic rings. The number of unbranched alkanes of at least 4 members (excludes halogenated alkanes) is 6. The van der Waals surface area contributed by atoms with E-state index < -0.39 is 0 Å². The maximum absolute atomic E-state index is 12.2. The van der Waals surface area contributed by atoms with E-state index in [1.807, 2.05) is 0 Å². The number of nitrogens with one attached hydrogen (secondary N) is 1. The van der Waals surface area contributed by atoms with E-state index in [2.05, 4.69) is 138 Å². The molecule has 0 aromatic heterocycles. The number of anilines is 1. The van der Waals surface area contributed by atoms with Crippen LogP contribution in [-0.4, -0.2) is 31.8 Å². The van der Waals surface area contributed by atoms with E-state index in [-0.39, 0.29) is 16.7 Å². The van der Waals surface area contributed by atoms with Gasteiger partial charge in [-0.25, -0.2) is 0 Å². The van der Waals surface area contributed by atoms with Crippen LogP contribution in [0.5, 0.6) is 0 Å². The van der Waals surface area contributed by atoms with Crippen molar-refractivity contribution in [3.05, 3.63) is 101 Å². The summed E-state index contributed by atoms with van der Waals surface area (Å²) in [7, 11) is 2.15. The predicted octanol–water partition coefficient (Wildman–Crippen LogP) is 9.78. The predicted molar refractivity (Wildman–Crippen MR) is 191 cm³/mol. The van der Waals surface area contributed by atoms with Gasteiger partial charge in [-0.15, -0.1) is 0 Å². The molecule has 1 amide bonds.